The number of hydrogen-bond donors (Lipinski definition) is 1. The fourth-order valence-corrected chi connectivity index (χ4v) is 4.47. The second-order valence-corrected chi connectivity index (χ2v) is 9.63. The zero-order chi connectivity index (χ0) is 22.4. The molecule has 0 aliphatic carbocycles. The molecule has 1 aromatic rings. The van der Waals surface area contributed by atoms with Crippen LogP contribution >= 0.6 is 0 Å². The van der Waals surface area contributed by atoms with Crippen molar-refractivity contribution in [3.8, 4) is 0 Å². The maximum Gasteiger partial charge on any atom is 0.475 e. The number of H-pyrrole nitrogens is 1. The van der Waals surface area contributed by atoms with E-state index in [9.17, 15) is 43.8 Å². The fourth-order valence-electron chi connectivity index (χ4n) is 2.54. The molecule has 0 saturated carbocycles. The molecule has 0 saturated heterocycles. The van der Waals surface area contributed by atoms with Gasteiger partial charge in [0.15, 0.2) is 20.6 Å². The summed E-state index contributed by atoms with van der Waals surface area (Å²) < 4.78 is 114. The molecule has 0 amide bonds. The SMILES string of the molecule is CCS(=O)(=O)C1=CC(C(F)(F)F)=CN(c2cc(S(=O)C(F)(F)F)c[nH]c2=O)C1C. The second-order valence-electron chi connectivity index (χ2n) is 5.88. The van der Waals surface area contributed by atoms with Gasteiger partial charge >= 0.3 is 11.7 Å². The molecule has 0 radical (unpaired) electrons. The average molecular weight is 464 g/mol. The Hall–Kier alpha value is -2.09. The van der Waals surface area contributed by atoms with Crippen molar-refractivity contribution < 1.29 is 39.0 Å². The van der Waals surface area contributed by atoms with E-state index in [1.165, 1.54) is 13.8 Å². The van der Waals surface area contributed by atoms with Gasteiger partial charge in [0.05, 0.1) is 27.2 Å². The molecular formula is C15H14F6N2O4S2. The summed E-state index contributed by atoms with van der Waals surface area (Å²) in [5, 5.41) is 0. The lowest BCUT2D eigenvalue weighted by molar-refractivity contribution is -0.0886. The number of nitrogens with zero attached hydrogens (tertiary/aromatic N) is 1. The van der Waals surface area contributed by atoms with E-state index in [-0.39, 0.29) is 0 Å². The lowest BCUT2D eigenvalue weighted by Crippen LogP contribution is -2.40. The number of hydrogen-bond acceptors (Lipinski definition) is 5. The molecule has 0 spiro atoms. The summed E-state index contributed by atoms with van der Waals surface area (Å²) in [4.78, 5) is 13.0. The van der Waals surface area contributed by atoms with E-state index in [1.807, 2.05) is 4.98 Å². The van der Waals surface area contributed by atoms with Crippen LogP contribution in [0.1, 0.15) is 13.8 Å². The highest BCUT2D eigenvalue weighted by atomic mass is 32.2. The molecule has 162 valence electrons. The lowest BCUT2D eigenvalue weighted by atomic mass is 10.1. The van der Waals surface area contributed by atoms with Crippen molar-refractivity contribution in [1.82, 2.24) is 4.98 Å². The summed E-state index contributed by atoms with van der Waals surface area (Å²) in [6.07, 6.45) is -3.62. The first-order valence-electron chi connectivity index (χ1n) is 7.82. The Kier molecular flexibility index (Phi) is 6.10. The summed E-state index contributed by atoms with van der Waals surface area (Å²) in [7, 11) is -7.70. The van der Waals surface area contributed by atoms with Crippen LogP contribution in [0, 0.1) is 0 Å². The summed E-state index contributed by atoms with van der Waals surface area (Å²) in [5.74, 6) is -0.531. The predicted molar refractivity (Wildman–Crippen MR) is 93.1 cm³/mol. The number of pyridine rings is 1. The van der Waals surface area contributed by atoms with Crippen LogP contribution in [-0.2, 0) is 20.6 Å². The van der Waals surface area contributed by atoms with Crippen LogP contribution in [0.25, 0.3) is 0 Å². The van der Waals surface area contributed by atoms with Gasteiger partial charge in [0.1, 0.15) is 5.69 Å². The third-order valence-corrected chi connectivity index (χ3v) is 7.05. The number of halogens is 6. The quantitative estimate of drug-likeness (QED) is 0.693. The first-order valence-corrected chi connectivity index (χ1v) is 10.6. The molecule has 2 unspecified atom stereocenters. The maximum atomic E-state index is 13.3. The Bertz CT molecular complexity index is 1050. The van der Waals surface area contributed by atoms with Crippen LogP contribution < -0.4 is 10.5 Å². The van der Waals surface area contributed by atoms with Gasteiger partial charge in [-0.3, -0.25) is 4.79 Å². The Balaban J connectivity index is 2.70. The lowest BCUT2D eigenvalue weighted by Gasteiger charge is -2.33. The highest BCUT2D eigenvalue weighted by Gasteiger charge is 2.41. The van der Waals surface area contributed by atoms with Crippen LogP contribution in [0.2, 0.25) is 0 Å². The van der Waals surface area contributed by atoms with Crippen LogP contribution in [-0.4, -0.2) is 41.1 Å². The van der Waals surface area contributed by atoms with Gasteiger partial charge in [-0.05, 0) is 19.1 Å². The van der Waals surface area contributed by atoms with Crippen molar-refractivity contribution >= 4 is 26.3 Å². The van der Waals surface area contributed by atoms with E-state index in [0.717, 1.165) is 0 Å². The first kappa shape index (κ1) is 23.2. The Morgan fingerprint density at radius 2 is 1.79 bits per heavy atom. The van der Waals surface area contributed by atoms with Gasteiger partial charge in [0.25, 0.3) is 5.56 Å². The van der Waals surface area contributed by atoms with Crippen LogP contribution in [0.5, 0.6) is 0 Å². The van der Waals surface area contributed by atoms with E-state index in [4.69, 9.17) is 0 Å². The number of sulfone groups is 1. The van der Waals surface area contributed by atoms with Crippen molar-refractivity contribution in [2.75, 3.05) is 10.7 Å². The van der Waals surface area contributed by atoms with Crippen LogP contribution in [0.15, 0.2) is 44.7 Å². The third kappa shape index (κ3) is 4.74. The van der Waals surface area contributed by atoms with Crippen LogP contribution in [0.4, 0.5) is 32.0 Å². The molecule has 0 bridgehead atoms. The number of rotatable bonds is 4. The Morgan fingerprint density at radius 3 is 2.28 bits per heavy atom. The normalized spacial score (nSPS) is 19.6. The van der Waals surface area contributed by atoms with Gasteiger partial charge in [-0.25, -0.2) is 12.6 Å². The van der Waals surface area contributed by atoms with Gasteiger partial charge < -0.3 is 9.88 Å². The summed E-state index contributed by atoms with van der Waals surface area (Å²) in [6.45, 7) is 2.38. The maximum absolute atomic E-state index is 13.3. The van der Waals surface area contributed by atoms with Crippen molar-refractivity contribution in [2.24, 2.45) is 0 Å². The van der Waals surface area contributed by atoms with E-state index >= 15 is 0 Å². The monoisotopic (exact) mass is 464 g/mol. The molecule has 2 rings (SSSR count). The fraction of sp³-hybridized carbons (Fsp3) is 0.400. The van der Waals surface area contributed by atoms with Gasteiger partial charge in [0, 0.05) is 12.4 Å². The third-order valence-electron chi connectivity index (χ3n) is 4.03. The second kappa shape index (κ2) is 7.63. The van der Waals surface area contributed by atoms with Gasteiger partial charge in [-0.1, -0.05) is 6.92 Å². The van der Waals surface area contributed by atoms with Crippen molar-refractivity contribution in [2.45, 2.75) is 36.5 Å². The minimum Gasteiger partial charge on any atom is -0.335 e. The predicted octanol–water partition coefficient (Wildman–Crippen LogP) is 2.98. The minimum absolute atomic E-state index is 0.421. The van der Waals surface area contributed by atoms with E-state index in [2.05, 4.69) is 0 Å². The van der Waals surface area contributed by atoms with E-state index in [0.29, 0.717) is 29.4 Å². The van der Waals surface area contributed by atoms with Crippen molar-refractivity contribution in [3.63, 3.8) is 0 Å². The molecule has 29 heavy (non-hydrogen) atoms. The summed E-state index contributed by atoms with van der Waals surface area (Å²) >= 11 is 0. The average Bonchev–Trinajstić information content (AvgIpc) is 2.60. The van der Waals surface area contributed by atoms with Crippen molar-refractivity contribution in [1.29, 1.82) is 0 Å². The van der Waals surface area contributed by atoms with Gasteiger partial charge in [-0.2, -0.15) is 26.3 Å². The molecule has 6 nitrogen and oxygen atoms in total. The molecule has 2 atom stereocenters. The number of aromatic amines is 1. The Morgan fingerprint density at radius 1 is 1.21 bits per heavy atom. The largest absolute Gasteiger partial charge is 0.475 e. The number of allylic oxidation sites excluding steroid dienone is 2. The summed E-state index contributed by atoms with van der Waals surface area (Å²) in [5.41, 5.74) is -8.39. The highest BCUT2D eigenvalue weighted by Crippen LogP contribution is 2.36. The number of aromatic nitrogens is 1. The molecule has 14 heteroatoms. The molecule has 2 heterocycles. The number of alkyl halides is 6. The van der Waals surface area contributed by atoms with Gasteiger partial charge in [0.2, 0.25) is 0 Å². The molecule has 1 N–H and O–H groups in total. The zero-order valence-corrected chi connectivity index (χ0v) is 16.4. The molecule has 0 aromatic carbocycles. The molecular weight excluding hydrogens is 450 g/mol. The molecule has 1 aliphatic heterocycles. The van der Waals surface area contributed by atoms with Gasteiger partial charge in [-0.15, -0.1) is 0 Å². The first-order chi connectivity index (χ1) is 13.1. The standard InChI is InChI=1S/C15H14F6N2O4S2/c1-3-29(26,27)12-4-9(14(16,17)18)7-23(8(12)2)11-5-10(6-22-13(11)24)28(25)15(19,20)21/h4-8H,3H2,1-2H3,(H,22,24). The highest BCUT2D eigenvalue weighted by molar-refractivity contribution is 7.95. The Labute approximate surface area is 163 Å². The van der Waals surface area contributed by atoms with Crippen molar-refractivity contribution in [3.05, 3.63) is 45.4 Å². The topological polar surface area (TPSA) is 87.3 Å². The molecule has 0 fully saturated rings. The molecule has 1 aliphatic rings. The minimum atomic E-state index is -5.17. The zero-order valence-electron chi connectivity index (χ0n) is 14.8. The molecule has 1 aromatic heterocycles. The number of anilines is 1. The van der Waals surface area contributed by atoms with E-state index in [1.54, 1.807) is 0 Å². The van der Waals surface area contributed by atoms with Crippen LogP contribution in [0.3, 0.4) is 0 Å². The summed E-state index contributed by atoms with van der Waals surface area (Å²) in [6, 6.07) is -0.813. The number of nitrogens with one attached hydrogen (secondary N) is 1. The smallest absolute Gasteiger partial charge is 0.335 e. The van der Waals surface area contributed by atoms with E-state index < -0.39 is 70.7 Å².